The normalized spacial score (nSPS) is 30.6. The van der Waals surface area contributed by atoms with Gasteiger partial charge >= 0.3 is 0 Å². The van der Waals surface area contributed by atoms with Gasteiger partial charge in [-0.05, 0) is 61.5 Å². The Bertz CT molecular complexity index is 778. The number of imide groups is 1. The summed E-state index contributed by atoms with van der Waals surface area (Å²) in [6, 6.07) is 6.15. The molecule has 1 N–H and O–H groups in total. The number of carbonyl (C=O) groups excluding carboxylic acids is 2. The zero-order valence-corrected chi connectivity index (χ0v) is 17.2. The Morgan fingerprint density at radius 2 is 1.69 bits per heavy atom. The predicted octanol–water partition coefficient (Wildman–Crippen LogP) is 4.15. The zero-order chi connectivity index (χ0) is 19.8. The molecule has 3 fully saturated rings. The molecule has 29 heavy (non-hydrogen) atoms. The highest BCUT2D eigenvalue weighted by Gasteiger charge is 2.37. The van der Waals surface area contributed by atoms with Crippen molar-refractivity contribution in [3.63, 3.8) is 0 Å². The summed E-state index contributed by atoms with van der Waals surface area (Å²) in [4.78, 5) is 26.2. The number of benzene rings is 1. The van der Waals surface area contributed by atoms with E-state index in [0.717, 1.165) is 23.3 Å². The Balaban J connectivity index is 1.34. The standard InChI is InChI=1S/C24H32N2O3/c27-22-13-12-21(24(28)25-22)26-14-15-29-23-19(6-3-7-20(23)26)18-10-8-17(9-11-18)16-4-1-2-5-16/h3,6-7,16-18,21H,1-2,4-5,8-15H2,(H,25,27,28). The van der Waals surface area contributed by atoms with Crippen molar-refractivity contribution >= 4 is 17.5 Å². The highest BCUT2D eigenvalue weighted by Crippen LogP contribution is 2.48. The van der Waals surface area contributed by atoms with Crippen molar-refractivity contribution in [1.82, 2.24) is 5.32 Å². The molecule has 4 aliphatic rings. The first-order valence-electron chi connectivity index (χ1n) is 11.6. The van der Waals surface area contributed by atoms with Crippen LogP contribution in [0.2, 0.25) is 0 Å². The molecule has 156 valence electrons. The van der Waals surface area contributed by atoms with E-state index in [1.54, 1.807) is 0 Å². The van der Waals surface area contributed by atoms with Crippen LogP contribution >= 0.6 is 0 Å². The second-order valence-electron chi connectivity index (χ2n) is 9.36. The molecule has 5 rings (SSSR count). The summed E-state index contributed by atoms with van der Waals surface area (Å²) >= 11 is 0. The zero-order valence-electron chi connectivity index (χ0n) is 17.2. The quantitative estimate of drug-likeness (QED) is 0.780. The van der Waals surface area contributed by atoms with E-state index in [1.165, 1.54) is 56.9 Å². The van der Waals surface area contributed by atoms with Crippen LogP contribution in [0.1, 0.15) is 75.7 Å². The highest BCUT2D eigenvalue weighted by atomic mass is 16.5. The number of anilines is 1. The number of carbonyl (C=O) groups is 2. The lowest BCUT2D eigenvalue weighted by atomic mass is 9.73. The number of ether oxygens (including phenoxy) is 1. The molecule has 0 spiro atoms. The summed E-state index contributed by atoms with van der Waals surface area (Å²) < 4.78 is 6.17. The van der Waals surface area contributed by atoms with Crippen LogP contribution in [-0.2, 0) is 9.59 Å². The largest absolute Gasteiger partial charge is 0.489 e. The average Bonchev–Trinajstić information content (AvgIpc) is 3.28. The fourth-order valence-electron chi connectivity index (χ4n) is 6.25. The van der Waals surface area contributed by atoms with Gasteiger partial charge in [0.25, 0.3) is 0 Å². The van der Waals surface area contributed by atoms with Crippen molar-refractivity contribution in [2.75, 3.05) is 18.1 Å². The third kappa shape index (κ3) is 3.64. The number of hydrogen-bond donors (Lipinski definition) is 1. The van der Waals surface area contributed by atoms with Gasteiger partial charge < -0.3 is 9.64 Å². The van der Waals surface area contributed by atoms with Crippen molar-refractivity contribution < 1.29 is 14.3 Å². The number of piperidine rings is 1. The topological polar surface area (TPSA) is 58.6 Å². The number of fused-ring (bicyclic) bond motifs is 1. The average molecular weight is 397 g/mol. The first kappa shape index (κ1) is 19.0. The molecule has 1 saturated heterocycles. The fourth-order valence-corrected chi connectivity index (χ4v) is 6.25. The number of amides is 2. The number of hydrogen-bond acceptors (Lipinski definition) is 4. The molecule has 1 aromatic carbocycles. The lowest BCUT2D eigenvalue weighted by molar-refractivity contribution is -0.134. The van der Waals surface area contributed by atoms with Crippen LogP contribution in [0, 0.1) is 11.8 Å². The molecule has 2 saturated carbocycles. The molecule has 5 heteroatoms. The molecule has 2 aliphatic carbocycles. The molecular weight excluding hydrogens is 364 g/mol. The van der Waals surface area contributed by atoms with Gasteiger partial charge in [-0.2, -0.15) is 0 Å². The predicted molar refractivity (Wildman–Crippen MR) is 112 cm³/mol. The third-order valence-electron chi connectivity index (χ3n) is 7.78. The number of nitrogens with one attached hydrogen (secondary N) is 1. The highest BCUT2D eigenvalue weighted by molar-refractivity contribution is 6.01. The van der Waals surface area contributed by atoms with Crippen LogP contribution in [-0.4, -0.2) is 31.0 Å². The van der Waals surface area contributed by atoms with Crippen LogP contribution < -0.4 is 15.0 Å². The third-order valence-corrected chi connectivity index (χ3v) is 7.78. The van der Waals surface area contributed by atoms with E-state index in [1.807, 2.05) is 0 Å². The van der Waals surface area contributed by atoms with Crippen molar-refractivity contribution in [3.05, 3.63) is 23.8 Å². The van der Waals surface area contributed by atoms with Crippen LogP contribution in [0.4, 0.5) is 5.69 Å². The SMILES string of the molecule is O=C1CCC(N2CCOc3c(C4CCC(C5CCCC5)CC4)cccc32)C(=O)N1. The second-order valence-corrected chi connectivity index (χ2v) is 9.36. The smallest absolute Gasteiger partial charge is 0.249 e. The monoisotopic (exact) mass is 396 g/mol. The summed E-state index contributed by atoms with van der Waals surface area (Å²) in [5.41, 5.74) is 2.35. The number of rotatable bonds is 3. The molecule has 2 aliphatic heterocycles. The molecule has 0 aromatic heterocycles. The molecule has 2 amide bonds. The lowest BCUT2D eigenvalue weighted by Gasteiger charge is -2.40. The fraction of sp³-hybridized carbons (Fsp3) is 0.667. The number of para-hydroxylation sites is 1. The van der Waals surface area contributed by atoms with Gasteiger partial charge in [0.1, 0.15) is 18.4 Å². The van der Waals surface area contributed by atoms with Crippen molar-refractivity contribution in [3.8, 4) is 5.75 Å². The first-order chi connectivity index (χ1) is 14.2. The van der Waals surface area contributed by atoms with Crippen LogP contribution in [0.3, 0.4) is 0 Å². The lowest BCUT2D eigenvalue weighted by Crippen LogP contribution is -2.54. The Morgan fingerprint density at radius 3 is 2.45 bits per heavy atom. The van der Waals surface area contributed by atoms with Crippen molar-refractivity contribution in [2.24, 2.45) is 11.8 Å². The van der Waals surface area contributed by atoms with Gasteiger partial charge in [-0.3, -0.25) is 14.9 Å². The first-order valence-corrected chi connectivity index (χ1v) is 11.6. The summed E-state index contributed by atoms with van der Waals surface area (Å²) in [5.74, 6) is 3.11. The summed E-state index contributed by atoms with van der Waals surface area (Å²) in [6.45, 7) is 1.29. The number of nitrogens with zero attached hydrogens (tertiary/aromatic N) is 1. The molecule has 0 bridgehead atoms. The van der Waals surface area contributed by atoms with Gasteiger partial charge in [0.05, 0.1) is 12.2 Å². The summed E-state index contributed by atoms with van der Waals surface area (Å²) in [7, 11) is 0. The van der Waals surface area contributed by atoms with Gasteiger partial charge in [-0.1, -0.05) is 37.8 Å². The second kappa shape index (κ2) is 8.00. The van der Waals surface area contributed by atoms with Crippen LogP contribution in [0.25, 0.3) is 0 Å². The Labute approximate surface area is 173 Å². The maximum absolute atomic E-state index is 12.4. The molecule has 1 unspecified atom stereocenters. The molecule has 1 aromatic rings. The molecule has 2 heterocycles. The van der Waals surface area contributed by atoms with E-state index in [0.29, 0.717) is 31.9 Å². The molecule has 1 atom stereocenters. The summed E-state index contributed by atoms with van der Waals surface area (Å²) in [6.07, 6.45) is 11.9. The Morgan fingerprint density at radius 1 is 0.931 bits per heavy atom. The maximum Gasteiger partial charge on any atom is 0.249 e. The van der Waals surface area contributed by atoms with Gasteiger partial charge in [-0.25, -0.2) is 0 Å². The van der Waals surface area contributed by atoms with Crippen LogP contribution in [0.5, 0.6) is 5.75 Å². The van der Waals surface area contributed by atoms with E-state index in [4.69, 9.17) is 4.74 Å². The Hall–Kier alpha value is -2.04. The van der Waals surface area contributed by atoms with Gasteiger partial charge in [0.15, 0.2) is 0 Å². The van der Waals surface area contributed by atoms with E-state index in [-0.39, 0.29) is 17.9 Å². The summed E-state index contributed by atoms with van der Waals surface area (Å²) in [5, 5.41) is 2.51. The molecule has 0 radical (unpaired) electrons. The van der Waals surface area contributed by atoms with E-state index >= 15 is 0 Å². The molecule has 5 nitrogen and oxygen atoms in total. The van der Waals surface area contributed by atoms with Gasteiger partial charge in [0, 0.05) is 6.42 Å². The van der Waals surface area contributed by atoms with Gasteiger partial charge in [-0.15, -0.1) is 0 Å². The van der Waals surface area contributed by atoms with E-state index in [2.05, 4.69) is 28.4 Å². The van der Waals surface area contributed by atoms with Crippen LogP contribution in [0.15, 0.2) is 18.2 Å². The van der Waals surface area contributed by atoms with Gasteiger partial charge in [0.2, 0.25) is 11.8 Å². The minimum Gasteiger partial charge on any atom is -0.489 e. The van der Waals surface area contributed by atoms with E-state index < -0.39 is 0 Å². The molecular formula is C24H32N2O3. The van der Waals surface area contributed by atoms with Crippen molar-refractivity contribution in [2.45, 2.75) is 76.2 Å². The van der Waals surface area contributed by atoms with E-state index in [9.17, 15) is 9.59 Å². The minimum absolute atomic E-state index is 0.160. The minimum atomic E-state index is -0.274. The maximum atomic E-state index is 12.4. The van der Waals surface area contributed by atoms with Crippen molar-refractivity contribution in [1.29, 1.82) is 0 Å². The Kier molecular flexibility index (Phi) is 5.23.